The third kappa shape index (κ3) is 1.87. The highest BCUT2D eigenvalue weighted by molar-refractivity contribution is 5.64. The molecule has 2 heterocycles. The van der Waals surface area contributed by atoms with Crippen molar-refractivity contribution in [1.29, 1.82) is 0 Å². The third-order valence-corrected chi connectivity index (χ3v) is 4.59. The van der Waals surface area contributed by atoms with Gasteiger partial charge in [-0.25, -0.2) is 0 Å². The summed E-state index contributed by atoms with van der Waals surface area (Å²) in [7, 11) is 0. The van der Waals surface area contributed by atoms with Crippen molar-refractivity contribution in [3.8, 4) is 0 Å². The number of benzene rings is 1. The second kappa shape index (κ2) is 4.47. The average molecular weight is 245 g/mol. The number of nitrogens with two attached hydrogens (primary N) is 1. The second-order valence-corrected chi connectivity index (χ2v) is 5.78. The Labute approximate surface area is 110 Å². The molecule has 2 saturated heterocycles. The molecular formula is C15H23N3. The maximum Gasteiger partial charge on any atom is 0.0420 e. The van der Waals surface area contributed by atoms with Crippen molar-refractivity contribution in [3.05, 3.63) is 23.8 Å². The smallest absolute Gasteiger partial charge is 0.0420 e. The van der Waals surface area contributed by atoms with Crippen molar-refractivity contribution in [1.82, 2.24) is 4.90 Å². The van der Waals surface area contributed by atoms with E-state index in [1.807, 2.05) is 6.07 Å². The van der Waals surface area contributed by atoms with Gasteiger partial charge >= 0.3 is 0 Å². The van der Waals surface area contributed by atoms with Gasteiger partial charge in [-0.1, -0.05) is 6.07 Å². The van der Waals surface area contributed by atoms with Gasteiger partial charge in [-0.2, -0.15) is 0 Å². The Morgan fingerprint density at radius 2 is 2.11 bits per heavy atom. The monoisotopic (exact) mass is 245 g/mol. The van der Waals surface area contributed by atoms with Crippen LogP contribution in [0.15, 0.2) is 18.2 Å². The van der Waals surface area contributed by atoms with Crippen LogP contribution in [0.3, 0.4) is 0 Å². The van der Waals surface area contributed by atoms with E-state index in [2.05, 4.69) is 35.8 Å². The summed E-state index contributed by atoms with van der Waals surface area (Å²) in [4.78, 5) is 5.21. The lowest BCUT2D eigenvalue weighted by Crippen LogP contribution is -2.55. The molecule has 0 aliphatic carbocycles. The molecule has 2 aliphatic heterocycles. The normalized spacial score (nSPS) is 28.4. The van der Waals surface area contributed by atoms with Crippen LogP contribution in [-0.2, 0) is 0 Å². The van der Waals surface area contributed by atoms with Crippen LogP contribution in [0, 0.1) is 6.92 Å². The molecule has 2 aliphatic rings. The van der Waals surface area contributed by atoms with Gasteiger partial charge in [-0.15, -0.1) is 0 Å². The molecule has 0 spiro atoms. The van der Waals surface area contributed by atoms with Crippen LogP contribution >= 0.6 is 0 Å². The van der Waals surface area contributed by atoms with E-state index in [0.717, 1.165) is 18.3 Å². The van der Waals surface area contributed by atoms with Crippen LogP contribution in [0.1, 0.15) is 25.3 Å². The molecule has 1 aromatic carbocycles. The summed E-state index contributed by atoms with van der Waals surface area (Å²) in [5.41, 5.74) is 9.51. The topological polar surface area (TPSA) is 32.5 Å². The first-order valence-corrected chi connectivity index (χ1v) is 7.02. The number of fused-ring (bicyclic) bond motifs is 1. The summed E-state index contributed by atoms with van der Waals surface area (Å²) in [5, 5.41) is 0. The minimum absolute atomic E-state index is 0.583. The molecular weight excluding hydrogens is 222 g/mol. The zero-order valence-corrected chi connectivity index (χ0v) is 11.4. The van der Waals surface area contributed by atoms with Crippen LogP contribution in [0.25, 0.3) is 0 Å². The molecule has 0 bridgehead atoms. The Kier molecular flexibility index (Phi) is 2.94. The number of nitrogen functional groups attached to an aromatic ring is 1. The Morgan fingerprint density at radius 1 is 1.28 bits per heavy atom. The molecule has 0 amide bonds. The molecule has 2 unspecified atom stereocenters. The summed E-state index contributed by atoms with van der Waals surface area (Å²) in [5.74, 6) is 0. The molecule has 0 aromatic heterocycles. The van der Waals surface area contributed by atoms with Gasteiger partial charge in [0.2, 0.25) is 0 Å². The van der Waals surface area contributed by atoms with E-state index in [4.69, 9.17) is 5.73 Å². The second-order valence-electron chi connectivity index (χ2n) is 5.78. The van der Waals surface area contributed by atoms with Gasteiger partial charge in [0.15, 0.2) is 0 Å². The van der Waals surface area contributed by atoms with Gasteiger partial charge in [0.05, 0.1) is 0 Å². The predicted octanol–water partition coefficient (Wildman–Crippen LogP) is 2.25. The quantitative estimate of drug-likeness (QED) is 0.770. The summed E-state index contributed by atoms with van der Waals surface area (Å²) >= 11 is 0. The fraction of sp³-hybridized carbons (Fsp3) is 0.600. The van der Waals surface area contributed by atoms with Crippen LogP contribution in [-0.4, -0.2) is 36.6 Å². The predicted molar refractivity (Wildman–Crippen MR) is 77.0 cm³/mol. The Balaban J connectivity index is 1.89. The van der Waals surface area contributed by atoms with E-state index in [-0.39, 0.29) is 0 Å². The van der Waals surface area contributed by atoms with Crippen molar-refractivity contribution < 1.29 is 0 Å². The van der Waals surface area contributed by atoms with Gasteiger partial charge in [0, 0.05) is 36.5 Å². The average Bonchev–Trinajstić information content (AvgIpc) is 2.79. The highest BCUT2D eigenvalue weighted by atomic mass is 15.3. The van der Waals surface area contributed by atoms with E-state index in [0.29, 0.717) is 6.04 Å². The van der Waals surface area contributed by atoms with Crippen molar-refractivity contribution in [2.24, 2.45) is 0 Å². The first kappa shape index (κ1) is 11.8. The van der Waals surface area contributed by atoms with Gasteiger partial charge in [0.25, 0.3) is 0 Å². The van der Waals surface area contributed by atoms with Crippen molar-refractivity contribution in [3.63, 3.8) is 0 Å². The lowest BCUT2D eigenvalue weighted by molar-refractivity contribution is 0.203. The minimum atomic E-state index is 0.583. The Morgan fingerprint density at radius 3 is 2.94 bits per heavy atom. The van der Waals surface area contributed by atoms with Crippen LogP contribution in [0.5, 0.6) is 0 Å². The largest absolute Gasteiger partial charge is 0.398 e. The summed E-state index contributed by atoms with van der Waals surface area (Å²) < 4.78 is 0. The highest BCUT2D eigenvalue weighted by Crippen LogP contribution is 2.32. The van der Waals surface area contributed by atoms with E-state index in [1.54, 1.807) is 0 Å². The molecule has 0 saturated carbocycles. The molecule has 2 fully saturated rings. The number of anilines is 2. The fourth-order valence-electron chi connectivity index (χ4n) is 3.47. The van der Waals surface area contributed by atoms with Gasteiger partial charge in [0.1, 0.15) is 0 Å². The molecule has 1 aromatic rings. The van der Waals surface area contributed by atoms with Crippen molar-refractivity contribution in [2.75, 3.05) is 30.3 Å². The first-order valence-electron chi connectivity index (χ1n) is 7.02. The summed E-state index contributed by atoms with van der Waals surface area (Å²) in [6, 6.07) is 7.62. The molecule has 98 valence electrons. The molecule has 2 N–H and O–H groups in total. The Hall–Kier alpha value is -1.22. The van der Waals surface area contributed by atoms with Crippen LogP contribution in [0.2, 0.25) is 0 Å². The van der Waals surface area contributed by atoms with E-state index >= 15 is 0 Å². The lowest BCUT2D eigenvalue weighted by Gasteiger charge is -2.44. The summed E-state index contributed by atoms with van der Waals surface area (Å²) in [6.45, 7) is 8.11. The lowest BCUT2D eigenvalue weighted by atomic mass is 10.0. The van der Waals surface area contributed by atoms with E-state index < -0.39 is 0 Å². The maximum atomic E-state index is 6.04. The SMILES string of the molecule is Cc1c(N)cccc1N1CC2CCCN2CC1C. The number of rotatable bonds is 1. The number of piperazine rings is 1. The maximum absolute atomic E-state index is 6.04. The van der Waals surface area contributed by atoms with Gasteiger partial charge in [-0.05, 0) is 50.9 Å². The first-order chi connectivity index (χ1) is 8.66. The third-order valence-electron chi connectivity index (χ3n) is 4.59. The van der Waals surface area contributed by atoms with Crippen LogP contribution < -0.4 is 10.6 Å². The standard InChI is InChI=1S/C15H23N3/c1-11-9-17-8-4-5-13(17)10-18(11)15-7-3-6-14(16)12(15)2/h3,6-7,11,13H,4-5,8-10,16H2,1-2H3. The van der Waals surface area contributed by atoms with Gasteiger partial charge in [-0.3, -0.25) is 4.90 Å². The van der Waals surface area contributed by atoms with Crippen molar-refractivity contribution in [2.45, 2.75) is 38.8 Å². The number of hydrogen-bond acceptors (Lipinski definition) is 3. The highest BCUT2D eigenvalue weighted by Gasteiger charge is 2.34. The zero-order valence-electron chi connectivity index (χ0n) is 11.4. The van der Waals surface area contributed by atoms with Crippen LogP contribution in [0.4, 0.5) is 11.4 Å². The van der Waals surface area contributed by atoms with E-state index in [1.165, 1.54) is 37.2 Å². The number of hydrogen-bond donors (Lipinski definition) is 1. The fourth-order valence-corrected chi connectivity index (χ4v) is 3.47. The molecule has 3 nitrogen and oxygen atoms in total. The summed E-state index contributed by atoms with van der Waals surface area (Å²) in [6.07, 6.45) is 2.71. The number of nitrogens with zero attached hydrogens (tertiary/aromatic N) is 2. The molecule has 0 radical (unpaired) electrons. The Bertz CT molecular complexity index is 443. The zero-order chi connectivity index (χ0) is 12.7. The molecule has 3 rings (SSSR count). The van der Waals surface area contributed by atoms with E-state index in [9.17, 15) is 0 Å². The molecule has 3 heteroatoms. The van der Waals surface area contributed by atoms with Crippen molar-refractivity contribution >= 4 is 11.4 Å². The molecule has 2 atom stereocenters. The molecule has 18 heavy (non-hydrogen) atoms. The van der Waals surface area contributed by atoms with Gasteiger partial charge < -0.3 is 10.6 Å². The minimum Gasteiger partial charge on any atom is -0.398 e.